The number of benzene rings is 9. The van der Waals surface area contributed by atoms with E-state index in [0.717, 1.165) is 55.8 Å². The van der Waals surface area contributed by atoms with Crippen molar-refractivity contribution in [1.29, 1.82) is 0 Å². The van der Waals surface area contributed by atoms with Gasteiger partial charge in [0.2, 0.25) is 0 Å². The van der Waals surface area contributed by atoms with Gasteiger partial charge in [-0.2, -0.15) is 0 Å². The van der Waals surface area contributed by atoms with E-state index in [4.69, 9.17) is 9.97 Å². The second-order valence-corrected chi connectivity index (χ2v) is 14.6. The molecule has 0 saturated heterocycles. The van der Waals surface area contributed by atoms with Gasteiger partial charge in [0.05, 0.1) is 22.1 Å². The number of pyridine rings is 1. The van der Waals surface area contributed by atoms with E-state index in [-0.39, 0.29) is 0 Å². The van der Waals surface area contributed by atoms with Crippen molar-refractivity contribution in [3.8, 4) is 34.0 Å². The molecule has 0 unspecified atom stereocenters. The maximum atomic E-state index is 5.57. The van der Waals surface area contributed by atoms with E-state index in [1.54, 1.807) is 0 Å². The predicted octanol–water partition coefficient (Wildman–Crippen LogP) is 13.5. The van der Waals surface area contributed by atoms with E-state index in [9.17, 15) is 0 Å². The van der Waals surface area contributed by atoms with Gasteiger partial charge in [0, 0.05) is 44.6 Å². The lowest BCUT2D eigenvalue weighted by atomic mass is 9.93. The van der Waals surface area contributed by atoms with E-state index >= 15 is 0 Å². The van der Waals surface area contributed by atoms with Crippen LogP contribution in [0.15, 0.2) is 194 Å². The van der Waals surface area contributed by atoms with Crippen molar-refractivity contribution in [2.45, 2.75) is 0 Å². The largest absolute Gasteiger partial charge is 0.309 e. The summed E-state index contributed by atoms with van der Waals surface area (Å²) in [5.41, 5.74) is 8.80. The Hall–Kier alpha value is -7.56. The van der Waals surface area contributed by atoms with Gasteiger partial charge >= 0.3 is 0 Å². The van der Waals surface area contributed by atoms with Crippen molar-refractivity contribution < 1.29 is 0 Å². The molecule has 4 nitrogen and oxygen atoms in total. The highest BCUT2D eigenvalue weighted by molar-refractivity contribution is 6.24. The number of rotatable bonds is 4. The van der Waals surface area contributed by atoms with Crippen molar-refractivity contribution in [3.05, 3.63) is 194 Å². The SMILES string of the molecule is c1ccc(-n2c3ccccc3c3cc(-c4nc5c6ccccc6c6ccccc6c5n4-c4ccc(-c5c6ccccc6cc6ccccc56)cn4)ccc32)cc1. The maximum Gasteiger partial charge on any atom is 0.146 e. The quantitative estimate of drug-likeness (QED) is 0.135. The number of para-hydroxylation sites is 2. The predicted molar refractivity (Wildman–Crippen MR) is 234 cm³/mol. The molecular formula is C52H32N4. The average molecular weight is 713 g/mol. The Labute approximate surface area is 322 Å². The van der Waals surface area contributed by atoms with Crippen molar-refractivity contribution in [3.63, 3.8) is 0 Å². The molecule has 0 bridgehead atoms. The molecule has 0 amide bonds. The molecule has 9 aromatic carbocycles. The van der Waals surface area contributed by atoms with Gasteiger partial charge in [-0.15, -0.1) is 0 Å². The van der Waals surface area contributed by atoms with E-state index in [0.29, 0.717) is 0 Å². The molecule has 0 aliphatic carbocycles. The molecule has 0 saturated carbocycles. The molecule has 12 rings (SSSR count). The van der Waals surface area contributed by atoms with E-state index in [1.165, 1.54) is 54.2 Å². The lowest BCUT2D eigenvalue weighted by Crippen LogP contribution is -2.01. The van der Waals surface area contributed by atoms with Crippen LogP contribution in [0.25, 0.3) is 110 Å². The summed E-state index contributed by atoms with van der Waals surface area (Å²) in [5, 5.41) is 11.9. The molecule has 3 heterocycles. The minimum atomic E-state index is 0.822. The molecule has 0 aliphatic rings. The molecule has 0 aliphatic heterocycles. The van der Waals surface area contributed by atoms with Gasteiger partial charge in [0.25, 0.3) is 0 Å². The third-order valence-electron chi connectivity index (χ3n) is 11.5. The van der Waals surface area contributed by atoms with Crippen molar-refractivity contribution in [2.75, 3.05) is 0 Å². The molecule has 0 N–H and O–H groups in total. The van der Waals surface area contributed by atoms with Gasteiger partial charge in [-0.25, -0.2) is 9.97 Å². The topological polar surface area (TPSA) is 35.6 Å². The Morgan fingerprint density at radius 2 is 0.946 bits per heavy atom. The number of fused-ring (bicyclic) bond motifs is 11. The summed E-state index contributed by atoms with van der Waals surface area (Å²) in [6.45, 7) is 0. The van der Waals surface area contributed by atoms with Crippen LogP contribution in [-0.2, 0) is 0 Å². The summed E-state index contributed by atoms with van der Waals surface area (Å²) in [4.78, 5) is 10.9. The number of nitrogens with zero attached hydrogens (tertiary/aromatic N) is 4. The maximum absolute atomic E-state index is 5.57. The fraction of sp³-hybridized carbons (Fsp3) is 0. The van der Waals surface area contributed by atoms with E-state index in [1.807, 2.05) is 6.20 Å². The van der Waals surface area contributed by atoms with E-state index in [2.05, 4.69) is 197 Å². The molecule has 4 heteroatoms. The fourth-order valence-corrected chi connectivity index (χ4v) is 9.08. The summed E-state index contributed by atoms with van der Waals surface area (Å²) in [5.74, 6) is 1.68. The van der Waals surface area contributed by atoms with Gasteiger partial charge < -0.3 is 4.57 Å². The van der Waals surface area contributed by atoms with Crippen LogP contribution in [0, 0.1) is 0 Å². The Morgan fingerprint density at radius 1 is 0.375 bits per heavy atom. The minimum Gasteiger partial charge on any atom is -0.309 e. The third kappa shape index (κ3) is 4.47. The molecule has 0 fully saturated rings. The van der Waals surface area contributed by atoms with Gasteiger partial charge in [-0.3, -0.25) is 4.57 Å². The zero-order valence-electron chi connectivity index (χ0n) is 30.3. The Bertz CT molecular complexity index is 3470. The summed E-state index contributed by atoms with van der Waals surface area (Å²) in [6.07, 6.45) is 2.04. The summed E-state index contributed by atoms with van der Waals surface area (Å²) in [6, 6.07) is 67.4. The minimum absolute atomic E-state index is 0.822. The normalized spacial score (nSPS) is 11.9. The van der Waals surface area contributed by atoms with Crippen molar-refractivity contribution >= 4 is 75.9 Å². The Kier molecular flexibility index (Phi) is 6.60. The molecule has 56 heavy (non-hydrogen) atoms. The summed E-state index contributed by atoms with van der Waals surface area (Å²) >= 11 is 0. The Balaban J connectivity index is 1.14. The van der Waals surface area contributed by atoms with Gasteiger partial charge in [0.15, 0.2) is 0 Å². The zero-order valence-corrected chi connectivity index (χ0v) is 30.3. The van der Waals surface area contributed by atoms with Crippen LogP contribution < -0.4 is 0 Å². The first-order chi connectivity index (χ1) is 27.8. The smallest absolute Gasteiger partial charge is 0.146 e. The molecule has 0 radical (unpaired) electrons. The number of hydrogen-bond donors (Lipinski definition) is 0. The highest BCUT2D eigenvalue weighted by Gasteiger charge is 2.22. The van der Waals surface area contributed by atoms with Crippen molar-refractivity contribution in [1.82, 2.24) is 19.1 Å². The fourth-order valence-electron chi connectivity index (χ4n) is 9.08. The molecule has 0 atom stereocenters. The van der Waals surface area contributed by atoms with Crippen LogP contribution >= 0.6 is 0 Å². The first-order valence-electron chi connectivity index (χ1n) is 19.1. The first-order valence-corrected chi connectivity index (χ1v) is 19.1. The molecule has 12 aromatic rings. The molecule has 0 spiro atoms. The average Bonchev–Trinajstić information content (AvgIpc) is 3.83. The van der Waals surface area contributed by atoms with Crippen LogP contribution in [-0.4, -0.2) is 19.1 Å². The highest BCUT2D eigenvalue weighted by atomic mass is 15.1. The summed E-state index contributed by atoms with van der Waals surface area (Å²) in [7, 11) is 0. The highest BCUT2D eigenvalue weighted by Crippen LogP contribution is 2.42. The van der Waals surface area contributed by atoms with Crippen LogP contribution in [0.5, 0.6) is 0 Å². The van der Waals surface area contributed by atoms with Crippen LogP contribution in [0.1, 0.15) is 0 Å². The second kappa shape index (κ2) is 12.0. The molecule has 260 valence electrons. The van der Waals surface area contributed by atoms with E-state index < -0.39 is 0 Å². The molecule has 3 aromatic heterocycles. The lowest BCUT2D eigenvalue weighted by molar-refractivity contribution is 1.04. The zero-order chi connectivity index (χ0) is 36.7. The van der Waals surface area contributed by atoms with Crippen LogP contribution in [0.3, 0.4) is 0 Å². The van der Waals surface area contributed by atoms with Crippen LogP contribution in [0.4, 0.5) is 0 Å². The van der Waals surface area contributed by atoms with Crippen molar-refractivity contribution in [2.24, 2.45) is 0 Å². The lowest BCUT2D eigenvalue weighted by Gasteiger charge is -2.14. The monoisotopic (exact) mass is 712 g/mol. The standard InChI is InChI=1S/C52H32N4/c1-2-16-37(17-3-1)55-46-25-13-12-22-42(46)45-31-35(26-28-47(45)55)52-54-50-43-23-10-8-20-40(43)41-21-9-11-24-44(41)51(50)56(52)48-29-27-36(32-53-48)49-38-18-6-4-14-33(38)30-34-15-5-7-19-39(34)49/h1-32H. The molecular weight excluding hydrogens is 681 g/mol. The Morgan fingerprint density at radius 3 is 1.66 bits per heavy atom. The van der Waals surface area contributed by atoms with Gasteiger partial charge in [-0.05, 0) is 92.5 Å². The second-order valence-electron chi connectivity index (χ2n) is 14.6. The summed E-state index contributed by atoms with van der Waals surface area (Å²) < 4.78 is 4.64. The van der Waals surface area contributed by atoms with Crippen LogP contribution in [0.2, 0.25) is 0 Å². The van der Waals surface area contributed by atoms with Gasteiger partial charge in [0.1, 0.15) is 11.6 Å². The first kappa shape index (κ1) is 30.9. The number of imidazole rings is 1. The third-order valence-corrected chi connectivity index (χ3v) is 11.5. The van der Waals surface area contributed by atoms with Gasteiger partial charge in [-0.1, -0.05) is 133 Å². The number of hydrogen-bond acceptors (Lipinski definition) is 2. The number of aromatic nitrogens is 4.